The number of aromatic nitrogens is 1. The van der Waals surface area contributed by atoms with Crippen LogP contribution in [0.15, 0.2) is 42.6 Å². The first kappa shape index (κ1) is 18.9. The molecule has 0 spiro atoms. The molecule has 0 radical (unpaired) electrons. The number of nitrogens with zero attached hydrogens (tertiary/aromatic N) is 1. The van der Waals surface area contributed by atoms with Crippen LogP contribution in [0.4, 0.5) is 0 Å². The predicted molar refractivity (Wildman–Crippen MR) is 101 cm³/mol. The Balaban J connectivity index is 1.64. The Morgan fingerprint density at radius 3 is 2.89 bits per heavy atom. The van der Waals surface area contributed by atoms with Crippen molar-refractivity contribution in [1.29, 1.82) is 0 Å². The Morgan fingerprint density at radius 1 is 1.26 bits per heavy atom. The van der Waals surface area contributed by atoms with E-state index in [0.717, 1.165) is 24.8 Å². The molecule has 1 aromatic carbocycles. The summed E-state index contributed by atoms with van der Waals surface area (Å²) in [5.41, 5.74) is 2.61. The van der Waals surface area contributed by atoms with E-state index in [0.29, 0.717) is 6.61 Å². The Bertz CT molecular complexity index is 821. The molecule has 0 saturated heterocycles. The number of fused-ring (bicyclic) bond motifs is 1. The largest absolute Gasteiger partial charge is 0.477 e. The minimum absolute atomic E-state index is 0.0546. The fraction of sp³-hybridized carbons (Fsp3) is 0.381. The second-order valence-corrected chi connectivity index (χ2v) is 6.49. The summed E-state index contributed by atoms with van der Waals surface area (Å²) >= 11 is 0. The lowest BCUT2D eigenvalue weighted by Gasteiger charge is -2.27. The Morgan fingerprint density at radius 2 is 2.07 bits per heavy atom. The minimum atomic E-state index is -0.915. The molecule has 0 unspecified atom stereocenters. The molecule has 1 amide bonds. The summed E-state index contributed by atoms with van der Waals surface area (Å²) < 4.78 is 10.7. The number of carbonyl (C=O) groups excluding carboxylic acids is 2. The van der Waals surface area contributed by atoms with E-state index in [4.69, 9.17) is 9.47 Å². The van der Waals surface area contributed by atoms with Gasteiger partial charge in [-0.05, 0) is 56.4 Å². The van der Waals surface area contributed by atoms with E-state index in [1.54, 1.807) is 25.3 Å². The molecule has 2 aromatic rings. The average molecular weight is 368 g/mol. The van der Waals surface area contributed by atoms with Crippen molar-refractivity contribution >= 4 is 11.9 Å². The highest BCUT2D eigenvalue weighted by Gasteiger charge is 2.26. The topological polar surface area (TPSA) is 77.5 Å². The summed E-state index contributed by atoms with van der Waals surface area (Å²) in [5, 5.41) is 3.01. The number of nitrogens with one attached hydrogen (secondary N) is 1. The lowest BCUT2D eigenvalue weighted by Crippen LogP contribution is -2.39. The van der Waals surface area contributed by atoms with Crippen LogP contribution in [0.25, 0.3) is 0 Å². The van der Waals surface area contributed by atoms with Gasteiger partial charge in [-0.3, -0.25) is 4.79 Å². The first-order valence-corrected chi connectivity index (χ1v) is 9.27. The number of hydrogen-bond donors (Lipinski definition) is 1. The SMILES string of the molecule is CCOc1ncccc1C(=O)O[C@@H](C)C(=O)N[C@@H]1CCCc2ccccc21. The number of ether oxygens (including phenoxy) is 2. The quantitative estimate of drug-likeness (QED) is 0.792. The van der Waals surface area contributed by atoms with Crippen molar-refractivity contribution in [3.8, 4) is 5.88 Å². The summed E-state index contributed by atoms with van der Waals surface area (Å²) in [6.07, 6.45) is 3.54. The number of esters is 1. The number of aryl methyl sites for hydroxylation is 1. The van der Waals surface area contributed by atoms with Gasteiger partial charge >= 0.3 is 5.97 Å². The van der Waals surface area contributed by atoms with Gasteiger partial charge in [0.1, 0.15) is 5.56 Å². The molecule has 1 aliphatic rings. The summed E-state index contributed by atoms with van der Waals surface area (Å²) in [7, 11) is 0. The second-order valence-electron chi connectivity index (χ2n) is 6.49. The number of rotatable bonds is 6. The fourth-order valence-corrected chi connectivity index (χ4v) is 3.27. The van der Waals surface area contributed by atoms with Crippen molar-refractivity contribution < 1.29 is 19.1 Å². The van der Waals surface area contributed by atoms with E-state index < -0.39 is 12.1 Å². The van der Waals surface area contributed by atoms with Gasteiger partial charge in [0.25, 0.3) is 5.91 Å². The van der Waals surface area contributed by atoms with Crippen molar-refractivity contribution in [3.05, 3.63) is 59.3 Å². The normalized spacial score (nSPS) is 16.7. The van der Waals surface area contributed by atoms with Gasteiger partial charge in [-0.2, -0.15) is 0 Å². The third-order valence-electron chi connectivity index (χ3n) is 4.61. The standard InChI is InChI=1S/C21H24N2O4/c1-3-26-20-17(11-7-13-22-20)21(25)27-14(2)19(24)23-18-12-6-9-15-8-4-5-10-16(15)18/h4-5,7-8,10-11,13-14,18H,3,6,9,12H2,1-2H3,(H,23,24)/t14-,18+/m0/s1. The first-order chi connectivity index (χ1) is 13.1. The van der Waals surface area contributed by atoms with Crippen LogP contribution in [-0.2, 0) is 16.0 Å². The fourth-order valence-electron chi connectivity index (χ4n) is 3.27. The molecule has 0 fully saturated rings. The molecule has 1 heterocycles. The summed E-state index contributed by atoms with van der Waals surface area (Å²) in [5.74, 6) is -0.732. The number of amides is 1. The molecule has 142 valence electrons. The van der Waals surface area contributed by atoms with Crippen LogP contribution in [0.5, 0.6) is 5.88 Å². The minimum Gasteiger partial charge on any atom is -0.477 e. The zero-order valence-electron chi connectivity index (χ0n) is 15.6. The van der Waals surface area contributed by atoms with E-state index in [2.05, 4.69) is 16.4 Å². The van der Waals surface area contributed by atoms with Crippen molar-refractivity contribution in [1.82, 2.24) is 10.3 Å². The molecule has 27 heavy (non-hydrogen) atoms. The monoisotopic (exact) mass is 368 g/mol. The van der Waals surface area contributed by atoms with Gasteiger partial charge < -0.3 is 14.8 Å². The van der Waals surface area contributed by atoms with Crippen LogP contribution in [0, 0.1) is 0 Å². The molecule has 0 bridgehead atoms. The second kappa shape index (κ2) is 8.66. The molecular weight excluding hydrogens is 344 g/mol. The third kappa shape index (κ3) is 4.45. The molecule has 3 rings (SSSR count). The number of pyridine rings is 1. The van der Waals surface area contributed by atoms with Crippen LogP contribution in [0.2, 0.25) is 0 Å². The van der Waals surface area contributed by atoms with Gasteiger partial charge in [0.2, 0.25) is 5.88 Å². The first-order valence-electron chi connectivity index (χ1n) is 9.27. The Labute approximate surface area is 158 Å². The van der Waals surface area contributed by atoms with Crippen LogP contribution >= 0.6 is 0 Å². The van der Waals surface area contributed by atoms with Crippen LogP contribution in [-0.4, -0.2) is 29.6 Å². The smallest absolute Gasteiger partial charge is 0.344 e. The predicted octanol–water partition coefficient (Wildman–Crippen LogP) is 3.22. The maximum atomic E-state index is 12.6. The molecule has 6 nitrogen and oxygen atoms in total. The zero-order valence-corrected chi connectivity index (χ0v) is 15.6. The average Bonchev–Trinajstić information content (AvgIpc) is 2.69. The highest BCUT2D eigenvalue weighted by molar-refractivity contribution is 5.94. The zero-order chi connectivity index (χ0) is 19.2. The van der Waals surface area contributed by atoms with Crippen molar-refractivity contribution in [2.75, 3.05) is 6.61 Å². The highest BCUT2D eigenvalue weighted by atomic mass is 16.5. The van der Waals surface area contributed by atoms with Crippen LogP contribution in [0.1, 0.15) is 54.2 Å². The van der Waals surface area contributed by atoms with Gasteiger partial charge in [-0.15, -0.1) is 0 Å². The van der Waals surface area contributed by atoms with E-state index in [1.807, 2.05) is 25.1 Å². The van der Waals surface area contributed by atoms with Crippen molar-refractivity contribution in [2.24, 2.45) is 0 Å². The summed E-state index contributed by atoms with van der Waals surface area (Å²) in [6.45, 7) is 3.76. The molecule has 2 atom stereocenters. The van der Waals surface area contributed by atoms with E-state index >= 15 is 0 Å². The van der Waals surface area contributed by atoms with Gasteiger partial charge in [-0.1, -0.05) is 24.3 Å². The van der Waals surface area contributed by atoms with Gasteiger partial charge in [-0.25, -0.2) is 9.78 Å². The van der Waals surface area contributed by atoms with Gasteiger partial charge in [0, 0.05) is 6.20 Å². The van der Waals surface area contributed by atoms with Crippen molar-refractivity contribution in [2.45, 2.75) is 45.3 Å². The molecule has 1 N–H and O–H groups in total. The van der Waals surface area contributed by atoms with E-state index in [1.165, 1.54) is 5.56 Å². The van der Waals surface area contributed by atoms with Gasteiger partial charge in [0.15, 0.2) is 6.10 Å². The maximum absolute atomic E-state index is 12.6. The van der Waals surface area contributed by atoms with Crippen LogP contribution < -0.4 is 10.1 Å². The molecule has 1 aliphatic carbocycles. The lowest BCUT2D eigenvalue weighted by atomic mass is 9.87. The number of benzene rings is 1. The Hall–Kier alpha value is -2.89. The summed E-state index contributed by atoms with van der Waals surface area (Å²) in [4.78, 5) is 29.0. The summed E-state index contributed by atoms with van der Waals surface area (Å²) in [6, 6.07) is 11.3. The molecular formula is C21H24N2O4. The molecule has 6 heteroatoms. The number of carbonyl (C=O) groups is 2. The van der Waals surface area contributed by atoms with E-state index in [-0.39, 0.29) is 23.4 Å². The number of hydrogen-bond acceptors (Lipinski definition) is 5. The molecule has 0 saturated carbocycles. The maximum Gasteiger partial charge on any atom is 0.344 e. The van der Waals surface area contributed by atoms with Crippen molar-refractivity contribution in [3.63, 3.8) is 0 Å². The van der Waals surface area contributed by atoms with Gasteiger partial charge in [0.05, 0.1) is 12.6 Å². The third-order valence-corrected chi connectivity index (χ3v) is 4.61. The molecule has 1 aromatic heterocycles. The lowest BCUT2D eigenvalue weighted by molar-refractivity contribution is -0.130. The Kier molecular flexibility index (Phi) is 6.06. The highest BCUT2D eigenvalue weighted by Crippen LogP contribution is 2.29. The van der Waals surface area contributed by atoms with E-state index in [9.17, 15) is 9.59 Å². The van der Waals surface area contributed by atoms with Crippen LogP contribution in [0.3, 0.4) is 0 Å². The molecule has 0 aliphatic heterocycles.